The van der Waals surface area contributed by atoms with Crippen molar-refractivity contribution in [3.8, 4) is 0 Å². The van der Waals surface area contributed by atoms with Gasteiger partial charge in [-0.2, -0.15) is 0 Å². The number of nitrogens with two attached hydrogens (primary N) is 1. The van der Waals surface area contributed by atoms with Gasteiger partial charge < -0.3 is 5.73 Å². The van der Waals surface area contributed by atoms with E-state index < -0.39 is 10.0 Å². The van der Waals surface area contributed by atoms with Crippen LogP contribution in [0.15, 0.2) is 29.2 Å². The van der Waals surface area contributed by atoms with E-state index >= 15 is 0 Å². The second kappa shape index (κ2) is 4.99. The summed E-state index contributed by atoms with van der Waals surface area (Å²) in [5.74, 6) is 0. The topological polar surface area (TPSA) is 72.2 Å². The maximum Gasteiger partial charge on any atom is 0.240 e. The molecule has 0 spiro atoms. The molecule has 18 heavy (non-hydrogen) atoms. The smallest absolute Gasteiger partial charge is 0.240 e. The van der Waals surface area contributed by atoms with Crippen molar-refractivity contribution in [2.75, 3.05) is 13.6 Å². The zero-order chi connectivity index (χ0) is 13.2. The summed E-state index contributed by atoms with van der Waals surface area (Å²) in [7, 11) is -1.93. The van der Waals surface area contributed by atoms with Gasteiger partial charge in [-0.25, -0.2) is 13.1 Å². The third kappa shape index (κ3) is 2.30. The monoisotopic (exact) mass is 268 g/mol. The van der Waals surface area contributed by atoms with Gasteiger partial charge in [0, 0.05) is 12.0 Å². The van der Waals surface area contributed by atoms with Crippen LogP contribution in [0.2, 0.25) is 0 Å². The number of benzene rings is 1. The molecule has 0 bridgehead atoms. The molecule has 0 unspecified atom stereocenters. The lowest BCUT2D eigenvalue weighted by molar-refractivity contribution is 0.452. The predicted octanol–water partition coefficient (Wildman–Crippen LogP) is 1.37. The van der Waals surface area contributed by atoms with Crippen LogP contribution in [0, 0.1) is 0 Å². The van der Waals surface area contributed by atoms with Crippen LogP contribution in [0.3, 0.4) is 0 Å². The SMILES string of the molecule is CNS(=O)(=O)c1ccc(C2(CN)CCCC2)cc1. The fraction of sp³-hybridized carbons (Fsp3) is 0.538. The van der Waals surface area contributed by atoms with E-state index in [9.17, 15) is 8.42 Å². The highest BCUT2D eigenvalue weighted by Crippen LogP contribution is 2.40. The molecule has 100 valence electrons. The lowest BCUT2D eigenvalue weighted by Gasteiger charge is -2.28. The average Bonchev–Trinajstić information content (AvgIpc) is 2.89. The molecule has 1 aliphatic rings. The van der Waals surface area contributed by atoms with Gasteiger partial charge in [-0.15, -0.1) is 0 Å². The molecule has 3 N–H and O–H groups in total. The Morgan fingerprint density at radius 2 is 1.78 bits per heavy atom. The van der Waals surface area contributed by atoms with E-state index in [1.54, 1.807) is 12.1 Å². The van der Waals surface area contributed by atoms with Crippen molar-refractivity contribution < 1.29 is 8.42 Å². The van der Waals surface area contributed by atoms with E-state index in [-0.39, 0.29) is 5.41 Å². The van der Waals surface area contributed by atoms with Crippen LogP contribution in [0.4, 0.5) is 0 Å². The Balaban J connectivity index is 2.33. The number of nitrogens with one attached hydrogen (secondary N) is 1. The van der Waals surface area contributed by atoms with Gasteiger partial charge in [-0.3, -0.25) is 0 Å². The lowest BCUT2D eigenvalue weighted by Crippen LogP contribution is -2.32. The third-order valence-corrected chi connectivity index (χ3v) is 5.43. The standard InChI is InChI=1S/C13H20N2O2S/c1-15-18(16,17)12-6-4-11(5-7-12)13(10-14)8-2-3-9-13/h4-7,15H,2-3,8-10,14H2,1H3. The zero-order valence-electron chi connectivity index (χ0n) is 10.6. The van der Waals surface area contributed by atoms with E-state index in [1.807, 2.05) is 12.1 Å². The van der Waals surface area contributed by atoms with Crippen molar-refractivity contribution in [3.05, 3.63) is 29.8 Å². The first-order valence-electron chi connectivity index (χ1n) is 6.28. The fourth-order valence-corrected chi connectivity index (χ4v) is 3.50. The minimum absolute atomic E-state index is 0.0575. The van der Waals surface area contributed by atoms with Gasteiger partial charge in [0.1, 0.15) is 0 Å². The molecule has 0 radical (unpaired) electrons. The van der Waals surface area contributed by atoms with Crippen molar-refractivity contribution in [1.82, 2.24) is 4.72 Å². The van der Waals surface area contributed by atoms with E-state index in [0.29, 0.717) is 11.4 Å². The molecule has 0 aliphatic heterocycles. The summed E-state index contributed by atoms with van der Waals surface area (Å²) in [5, 5.41) is 0. The van der Waals surface area contributed by atoms with Crippen molar-refractivity contribution in [2.24, 2.45) is 5.73 Å². The van der Waals surface area contributed by atoms with Crippen LogP contribution in [-0.4, -0.2) is 22.0 Å². The molecule has 0 atom stereocenters. The largest absolute Gasteiger partial charge is 0.330 e. The molecule has 1 saturated carbocycles. The van der Waals surface area contributed by atoms with Crippen LogP contribution < -0.4 is 10.5 Å². The molecule has 5 heteroatoms. The van der Waals surface area contributed by atoms with Crippen LogP contribution in [0.5, 0.6) is 0 Å². The van der Waals surface area contributed by atoms with Crippen LogP contribution >= 0.6 is 0 Å². The Kier molecular flexibility index (Phi) is 3.75. The Labute approximate surface area is 109 Å². The van der Waals surface area contributed by atoms with Gasteiger partial charge in [0.05, 0.1) is 4.90 Å². The molecule has 0 heterocycles. The van der Waals surface area contributed by atoms with E-state index in [1.165, 1.54) is 19.9 Å². The molecule has 4 nitrogen and oxygen atoms in total. The van der Waals surface area contributed by atoms with Gasteiger partial charge in [0.15, 0.2) is 0 Å². The molecule has 1 aromatic rings. The van der Waals surface area contributed by atoms with Crippen molar-refractivity contribution in [2.45, 2.75) is 36.0 Å². The van der Waals surface area contributed by atoms with Crippen LogP contribution in [-0.2, 0) is 15.4 Å². The number of rotatable bonds is 4. The minimum atomic E-state index is -3.35. The molecular weight excluding hydrogens is 248 g/mol. The van der Waals surface area contributed by atoms with Gasteiger partial charge in [-0.1, -0.05) is 25.0 Å². The summed E-state index contributed by atoms with van der Waals surface area (Å²) < 4.78 is 25.6. The van der Waals surface area contributed by atoms with Crippen molar-refractivity contribution >= 4 is 10.0 Å². The summed E-state index contributed by atoms with van der Waals surface area (Å²) in [6.45, 7) is 0.630. The van der Waals surface area contributed by atoms with Gasteiger partial charge in [-0.05, 0) is 37.6 Å². The molecular formula is C13H20N2O2S. The normalized spacial score (nSPS) is 19.0. The van der Waals surface area contributed by atoms with E-state index in [4.69, 9.17) is 5.73 Å². The first-order chi connectivity index (χ1) is 8.54. The first kappa shape index (κ1) is 13.5. The Hall–Kier alpha value is -0.910. The second-order valence-electron chi connectivity index (χ2n) is 4.92. The van der Waals surface area contributed by atoms with Gasteiger partial charge in [0.25, 0.3) is 0 Å². The summed E-state index contributed by atoms with van der Waals surface area (Å²) >= 11 is 0. The van der Waals surface area contributed by atoms with Crippen LogP contribution in [0.1, 0.15) is 31.2 Å². The van der Waals surface area contributed by atoms with Gasteiger partial charge in [0.2, 0.25) is 10.0 Å². The maximum atomic E-state index is 11.6. The third-order valence-electron chi connectivity index (χ3n) is 4.00. The number of hydrogen-bond donors (Lipinski definition) is 2. The highest BCUT2D eigenvalue weighted by atomic mass is 32.2. The van der Waals surface area contributed by atoms with Crippen molar-refractivity contribution in [3.63, 3.8) is 0 Å². The lowest BCUT2D eigenvalue weighted by atomic mass is 9.79. The van der Waals surface area contributed by atoms with Crippen molar-refractivity contribution in [1.29, 1.82) is 0 Å². The molecule has 1 aromatic carbocycles. The molecule has 0 amide bonds. The molecule has 1 aliphatic carbocycles. The number of hydrogen-bond acceptors (Lipinski definition) is 3. The molecule has 2 rings (SSSR count). The Morgan fingerprint density at radius 1 is 1.22 bits per heavy atom. The maximum absolute atomic E-state index is 11.6. The number of sulfonamides is 1. The summed E-state index contributed by atoms with van der Waals surface area (Å²) in [4.78, 5) is 0.305. The van der Waals surface area contributed by atoms with Crippen LogP contribution in [0.25, 0.3) is 0 Å². The Bertz CT molecular complexity index is 502. The first-order valence-corrected chi connectivity index (χ1v) is 7.77. The zero-order valence-corrected chi connectivity index (χ0v) is 11.5. The quantitative estimate of drug-likeness (QED) is 0.866. The van der Waals surface area contributed by atoms with E-state index in [0.717, 1.165) is 18.4 Å². The highest BCUT2D eigenvalue weighted by Gasteiger charge is 2.34. The molecule has 1 fully saturated rings. The van der Waals surface area contributed by atoms with Gasteiger partial charge >= 0.3 is 0 Å². The summed E-state index contributed by atoms with van der Waals surface area (Å²) in [6, 6.07) is 7.14. The summed E-state index contributed by atoms with van der Waals surface area (Å²) in [5.41, 5.74) is 7.14. The van der Waals surface area contributed by atoms with E-state index in [2.05, 4.69) is 4.72 Å². The highest BCUT2D eigenvalue weighted by molar-refractivity contribution is 7.89. The molecule has 0 aromatic heterocycles. The average molecular weight is 268 g/mol. The summed E-state index contributed by atoms with van der Waals surface area (Å²) in [6.07, 6.45) is 4.60. The second-order valence-corrected chi connectivity index (χ2v) is 6.81. The predicted molar refractivity (Wildman–Crippen MR) is 71.9 cm³/mol. The molecule has 0 saturated heterocycles. The minimum Gasteiger partial charge on any atom is -0.330 e. The Morgan fingerprint density at radius 3 is 2.22 bits per heavy atom. The fourth-order valence-electron chi connectivity index (χ4n) is 2.77.